The first kappa shape index (κ1) is 15.3. The minimum Gasteiger partial charge on any atom is -0.377 e. The van der Waals surface area contributed by atoms with Gasteiger partial charge in [-0.3, -0.25) is 5.10 Å². The van der Waals surface area contributed by atoms with Crippen LogP contribution in [0.25, 0.3) is 0 Å². The molecule has 0 atom stereocenters. The third-order valence-corrected chi connectivity index (χ3v) is 2.54. The van der Waals surface area contributed by atoms with Gasteiger partial charge in [0.2, 0.25) is 0 Å². The molecular formula is C12H21N3O5. The highest BCUT2D eigenvalue weighted by molar-refractivity contribution is 4.87. The van der Waals surface area contributed by atoms with Gasteiger partial charge in [0.25, 0.3) is 0 Å². The maximum atomic E-state index is 5.42. The molecule has 0 spiro atoms. The molecule has 2 bridgehead atoms. The van der Waals surface area contributed by atoms with Crippen LogP contribution in [0.2, 0.25) is 0 Å². The number of nitrogens with one attached hydrogen (secondary N) is 1. The van der Waals surface area contributed by atoms with E-state index in [-0.39, 0.29) is 0 Å². The molecule has 0 saturated heterocycles. The molecule has 1 aliphatic rings. The van der Waals surface area contributed by atoms with Crippen LogP contribution in [-0.4, -0.2) is 68.0 Å². The number of ether oxygens (including phenoxy) is 5. The van der Waals surface area contributed by atoms with E-state index in [0.717, 1.165) is 0 Å². The zero-order valence-corrected chi connectivity index (χ0v) is 11.5. The summed E-state index contributed by atoms with van der Waals surface area (Å²) in [6.07, 6.45) is 0. The van der Waals surface area contributed by atoms with Crippen LogP contribution < -0.4 is 0 Å². The summed E-state index contributed by atoms with van der Waals surface area (Å²) in [6.45, 7) is 5.05. The Morgan fingerprint density at radius 3 is 1.75 bits per heavy atom. The topological polar surface area (TPSA) is 87.7 Å². The zero-order chi connectivity index (χ0) is 13.9. The fraction of sp³-hybridized carbons (Fsp3) is 0.833. The second-order valence-corrected chi connectivity index (χ2v) is 4.14. The molecule has 2 heterocycles. The number of hydrogen-bond donors (Lipinski definition) is 1. The lowest BCUT2D eigenvalue weighted by Crippen LogP contribution is -2.13. The quantitative estimate of drug-likeness (QED) is 0.713. The fourth-order valence-electron chi connectivity index (χ4n) is 1.57. The Kier molecular flexibility index (Phi) is 7.50. The van der Waals surface area contributed by atoms with Crippen LogP contribution in [-0.2, 0) is 36.9 Å². The van der Waals surface area contributed by atoms with Crippen LogP contribution in [0.5, 0.6) is 0 Å². The molecule has 20 heavy (non-hydrogen) atoms. The predicted octanol–water partition coefficient (Wildman–Crippen LogP) is -0.0987. The minimum atomic E-state index is 0.361. The van der Waals surface area contributed by atoms with Crippen LogP contribution in [0.15, 0.2) is 0 Å². The molecule has 1 aromatic rings. The summed E-state index contributed by atoms with van der Waals surface area (Å²) in [4.78, 5) is 4.25. The molecule has 1 aromatic heterocycles. The number of aromatic amines is 1. The van der Waals surface area contributed by atoms with Crippen molar-refractivity contribution in [3.63, 3.8) is 0 Å². The molecular weight excluding hydrogens is 266 g/mol. The monoisotopic (exact) mass is 287 g/mol. The second kappa shape index (κ2) is 9.78. The standard InChI is InChI=1S/C12H21N3O5/c1-3-17-5-7-19-9-11-13-12(15-14-11)10-20-8-6-18-4-2-16-1/h1-10H2,(H,13,14,15). The molecule has 0 amide bonds. The first-order valence-electron chi connectivity index (χ1n) is 6.74. The van der Waals surface area contributed by atoms with E-state index in [1.165, 1.54) is 0 Å². The molecule has 8 nitrogen and oxygen atoms in total. The van der Waals surface area contributed by atoms with E-state index in [0.29, 0.717) is 77.7 Å². The Bertz CT molecular complexity index is 330. The average Bonchev–Trinajstić information content (AvgIpc) is 2.90. The van der Waals surface area contributed by atoms with Crippen LogP contribution in [0, 0.1) is 0 Å². The van der Waals surface area contributed by atoms with Gasteiger partial charge in [-0.2, -0.15) is 5.10 Å². The summed E-state index contributed by atoms with van der Waals surface area (Å²) in [5.41, 5.74) is 0. The van der Waals surface area contributed by atoms with E-state index < -0.39 is 0 Å². The highest BCUT2D eigenvalue weighted by Crippen LogP contribution is 1.97. The zero-order valence-electron chi connectivity index (χ0n) is 11.5. The third-order valence-electron chi connectivity index (χ3n) is 2.54. The van der Waals surface area contributed by atoms with Crippen molar-refractivity contribution < 1.29 is 23.7 Å². The van der Waals surface area contributed by atoms with Gasteiger partial charge >= 0.3 is 0 Å². The van der Waals surface area contributed by atoms with Crippen LogP contribution >= 0.6 is 0 Å². The molecule has 1 aliphatic heterocycles. The lowest BCUT2D eigenvalue weighted by Gasteiger charge is -2.07. The predicted molar refractivity (Wildman–Crippen MR) is 68.2 cm³/mol. The maximum absolute atomic E-state index is 5.42. The highest BCUT2D eigenvalue weighted by atomic mass is 16.6. The molecule has 0 saturated carbocycles. The molecule has 0 fully saturated rings. The van der Waals surface area contributed by atoms with Crippen molar-refractivity contribution in [3.8, 4) is 0 Å². The van der Waals surface area contributed by atoms with Gasteiger partial charge in [-0.15, -0.1) is 0 Å². The van der Waals surface area contributed by atoms with E-state index in [1.807, 2.05) is 0 Å². The largest absolute Gasteiger partial charge is 0.377 e. The van der Waals surface area contributed by atoms with Crippen LogP contribution in [0.1, 0.15) is 11.6 Å². The molecule has 0 unspecified atom stereocenters. The van der Waals surface area contributed by atoms with Crippen molar-refractivity contribution >= 4 is 0 Å². The van der Waals surface area contributed by atoms with Crippen molar-refractivity contribution in [2.45, 2.75) is 13.2 Å². The van der Waals surface area contributed by atoms with Crippen LogP contribution in [0.3, 0.4) is 0 Å². The van der Waals surface area contributed by atoms with E-state index in [2.05, 4.69) is 15.2 Å². The van der Waals surface area contributed by atoms with E-state index in [1.54, 1.807) is 0 Å². The van der Waals surface area contributed by atoms with Crippen molar-refractivity contribution in [1.82, 2.24) is 15.2 Å². The Labute approximate surface area is 117 Å². The summed E-state index contributed by atoms with van der Waals surface area (Å²) in [7, 11) is 0. The van der Waals surface area contributed by atoms with Crippen LogP contribution in [0.4, 0.5) is 0 Å². The number of fused-ring (bicyclic) bond motifs is 2. The molecule has 0 aromatic carbocycles. The van der Waals surface area contributed by atoms with Gasteiger partial charge in [-0.25, -0.2) is 4.98 Å². The fourth-order valence-corrected chi connectivity index (χ4v) is 1.57. The molecule has 0 radical (unpaired) electrons. The van der Waals surface area contributed by atoms with Gasteiger partial charge in [0.1, 0.15) is 13.2 Å². The maximum Gasteiger partial charge on any atom is 0.176 e. The number of aromatic nitrogens is 3. The smallest absolute Gasteiger partial charge is 0.176 e. The molecule has 1 N–H and O–H groups in total. The lowest BCUT2D eigenvalue weighted by molar-refractivity contribution is -0.0152. The van der Waals surface area contributed by atoms with Gasteiger partial charge in [-0.05, 0) is 0 Å². The van der Waals surface area contributed by atoms with Crippen molar-refractivity contribution in [3.05, 3.63) is 11.6 Å². The van der Waals surface area contributed by atoms with Crippen molar-refractivity contribution in [2.75, 3.05) is 52.9 Å². The minimum absolute atomic E-state index is 0.361. The van der Waals surface area contributed by atoms with Gasteiger partial charge in [0.15, 0.2) is 11.6 Å². The third kappa shape index (κ3) is 6.40. The molecule has 8 heteroatoms. The SMILES string of the molecule is C1COCCOCc2n[nH]c(n2)COCCOCCO1. The Morgan fingerprint density at radius 2 is 1.15 bits per heavy atom. The normalized spacial score (nSPS) is 21.0. The summed E-state index contributed by atoms with van der Waals surface area (Å²) in [5.74, 6) is 1.30. The highest BCUT2D eigenvalue weighted by Gasteiger charge is 2.04. The summed E-state index contributed by atoms with van der Waals surface area (Å²) in [6, 6.07) is 0. The molecule has 114 valence electrons. The van der Waals surface area contributed by atoms with Crippen molar-refractivity contribution in [2.24, 2.45) is 0 Å². The number of hydrogen-bond acceptors (Lipinski definition) is 7. The summed E-state index contributed by atoms with van der Waals surface area (Å²) >= 11 is 0. The van der Waals surface area contributed by atoms with Gasteiger partial charge in [0, 0.05) is 0 Å². The number of rotatable bonds is 0. The van der Waals surface area contributed by atoms with Crippen molar-refractivity contribution in [1.29, 1.82) is 0 Å². The number of H-pyrrole nitrogens is 1. The summed E-state index contributed by atoms with van der Waals surface area (Å²) in [5, 5.41) is 6.85. The Hall–Kier alpha value is -1.06. The number of nitrogens with zero attached hydrogens (tertiary/aromatic N) is 2. The molecule has 0 aliphatic carbocycles. The Balaban J connectivity index is 1.72. The van der Waals surface area contributed by atoms with Gasteiger partial charge < -0.3 is 23.7 Å². The van der Waals surface area contributed by atoms with Gasteiger partial charge in [0.05, 0.1) is 52.9 Å². The lowest BCUT2D eigenvalue weighted by atomic mass is 10.6. The van der Waals surface area contributed by atoms with E-state index in [4.69, 9.17) is 23.7 Å². The first-order valence-corrected chi connectivity index (χ1v) is 6.74. The second-order valence-electron chi connectivity index (χ2n) is 4.14. The molecule has 2 rings (SSSR count). The van der Waals surface area contributed by atoms with E-state index >= 15 is 0 Å². The summed E-state index contributed by atoms with van der Waals surface area (Å²) < 4.78 is 26.9. The average molecular weight is 287 g/mol. The van der Waals surface area contributed by atoms with Gasteiger partial charge in [-0.1, -0.05) is 0 Å². The first-order chi connectivity index (χ1) is 9.95. The van der Waals surface area contributed by atoms with E-state index in [9.17, 15) is 0 Å². The Morgan fingerprint density at radius 1 is 0.650 bits per heavy atom.